The molecule has 168 valence electrons. The number of nitrogens with zero attached hydrogens (tertiary/aromatic N) is 4. The molecule has 2 atom stereocenters. The first-order valence-electron chi connectivity index (χ1n) is 10.2. The van der Waals surface area contributed by atoms with Crippen LogP contribution in [0.25, 0.3) is 0 Å². The average molecular weight is 485 g/mol. The number of ether oxygens (including phenoxy) is 1. The van der Waals surface area contributed by atoms with Gasteiger partial charge in [0, 0.05) is 19.1 Å². The molecular weight excluding hydrogens is 460 g/mol. The number of carbonyl (C=O) groups is 1. The summed E-state index contributed by atoms with van der Waals surface area (Å²) in [6, 6.07) is 7.31. The van der Waals surface area contributed by atoms with E-state index in [1.54, 1.807) is 24.1 Å². The summed E-state index contributed by atoms with van der Waals surface area (Å²) >= 11 is 7.51. The fourth-order valence-corrected chi connectivity index (χ4v) is 6.65. The zero-order valence-corrected chi connectivity index (χ0v) is 19.8. The minimum Gasteiger partial charge on any atom is -0.484 e. The Balaban J connectivity index is 1.43. The standard InChI is InChI=1S/C20H25ClN4O4S2/c1-13(19(26)24(2)15-9-10-31(27,28)12-15)30-20-23-22-18(25(20)14-7-8-14)11-29-17-6-4-3-5-16(17)21/h3-6,13-15H,7-12H2,1-2H3/t13-,15+/m0/s1. The van der Waals surface area contributed by atoms with Gasteiger partial charge >= 0.3 is 0 Å². The molecule has 1 aliphatic heterocycles. The van der Waals surface area contributed by atoms with Crippen LogP contribution in [-0.2, 0) is 21.2 Å². The number of hydrogen-bond acceptors (Lipinski definition) is 7. The van der Waals surface area contributed by atoms with Crippen molar-refractivity contribution in [1.82, 2.24) is 19.7 Å². The van der Waals surface area contributed by atoms with Crippen LogP contribution >= 0.6 is 23.4 Å². The molecule has 0 radical (unpaired) electrons. The Morgan fingerprint density at radius 3 is 2.71 bits per heavy atom. The second-order valence-corrected chi connectivity index (χ2v) is 11.9. The molecule has 31 heavy (non-hydrogen) atoms. The van der Waals surface area contributed by atoms with Crippen LogP contribution in [0.1, 0.15) is 38.1 Å². The van der Waals surface area contributed by atoms with Crippen molar-refractivity contribution in [1.29, 1.82) is 0 Å². The Labute approximate surface area is 191 Å². The van der Waals surface area contributed by atoms with Crippen LogP contribution in [0.5, 0.6) is 5.75 Å². The van der Waals surface area contributed by atoms with E-state index in [0.29, 0.717) is 34.2 Å². The van der Waals surface area contributed by atoms with Crippen molar-refractivity contribution < 1.29 is 17.9 Å². The summed E-state index contributed by atoms with van der Waals surface area (Å²) < 4.78 is 31.4. The molecule has 11 heteroatoms. The predicted molar refractivity (Wildman–Crippen MR) is 119 cm³/mol. The lowest BCUT2D eigenvalue weighted by atomic mass is 10.2. The molecule has 1 saturated carbocycles. The van der Waals surface area contributed by atoms with E-state index < -0.39 is 15.1 Å². The average Bonchev–Trinajstić information content (AvgIpc) is 3.40. The number of thioether (sulfide) groups is 1. The molecule has 0 unspecified atom stereocenters. The fraction of sp³-hybridized carbons (Fsp3) is 0.550. The Kier molecular flexibility index (Phi) is 6.50. The molecule has 1 aromatic heterocycles. The van der Waals surface area contributed by atoms with Gasteiger partial charge in [0.1, 0.15) is 12.4 Å². The zero-order valence-electron chi connectivity index (χ0n) is 17.4. The molecule has 2 fully saturated rings. The maximum absolute atomic E-state index is 12.9. The number of amides is 1. The third-order valence-electron chi connectivity index (χ3n) is 5.57. The van der Waals surface area contributed by atoms with Gasteiger partial charge in [-0.15, -0.1) is 10.2 Å². The number of aromatic nitrogens is 3. The topological polar surface area (TPSA) is 94.4 Å². The molecule has 4 rings (SSSR count). The highest BCUT2D eigenvalue weighted by Crippen LogP contribution is 2.40. The lowest BCUT2D eigenvalue weighted by Crippen LogP contribution is -2.41. The minimum atomic E-state index is -3.05. The van der Waals surface area contributed by atoms with Gasteiger partial charge in [-0.2, -0.15) is 0 Å². The van der Waals surface area contributed by atoms with Crippen molar-refractivity contribution in [3.63, 3.8) is 0 Å². The first kappa shape index (κ1) is 22.4. The van der Waals surface area contributed by atoms with Gasteiger partial charge in [-0.1, -0.05) is 35.5 Å². The van der Waals surface area contributed by atoms with E-state index in [4.69, 9.17) is 16.3 Å². The van der Waals surface area contributed by atoms with Gasteiger partial charge in [0.05, 0.1) is 21.8 Å². The normalized spacial score (nSPS) is 21.1. The summed E-state index contributed by atoms with van der Waals surface area (Å²) in [7, 11) is -1.37. The molecule has 0 N–H and O–H groups in total. The quantitative estimate of drug-likeness (QED) is 0.531. The molecule has 0 spiro atoms. The number of sulfone groups is 1. The van der Waals surface area contributed by atoms with E-state index in [0.717, 1.165) is 12.8 Å². The Morgan fingerprint density at radius 1 is 1.32 bits per heavy atom. The molecule has 1 saturated heterocycles. The number of hydrogen-bond donors (Lipinski definition) is 0. The monoisotopic (exact) mass is 484 g/mol. The molecule has 8 nitrogen and oxygen atoms in total. The van der Waals surface area contributed by atoms with Gasteiger partial charge in [-0.25, -0.2) is 8.42 Å². The Hall–Kier alpha value is -1.78. The molecule has 1 aromatic carbocycles. The minimum absolute atomic E-state index is 0.0361. The maximum atomic E-state index is 12.9. The highest BCUT2D eigenvalue weighted by atomic mass is 35.5. The van der Waals surface area contributed by atoms with E-state index in [9.17, 15) is 13.2 Å². The van der Waals surface area contributed by atoms with Crippen molar-refractivity contribution in [3.05, 3.63) is 35.1 Å². The first-order valence-corrected chi connectivity index (χ1v) is 13.3. The second kappa shape index (κ2) is 8.99. The van der Waals surface area contributed by atoms with Crippen molar-refractivity contribution in [2.45, 2.75) is 55.3 Å². The van der Waals surface area contributed by atoms with Crippen molar-refractivity contribution >= 4 is 39.1 Å². The molecule has 0 bridgehead atoms. The van der Waals surface area contributed by atoms with E-state index in [-0.39, 0.29) is 30.1 Å². The smallest absolute Gasteiger partial charge is 0.235 e. The number of carbonyl (C=O) groups excluding carboxylic acids is 1. The Bertz CT molecular complexity index is 1070. The third kappa shape index (κ3) is 5.18. The zero-order chi connectivity index (χ0) is 22.2. The van der Waals surface area contributed by atoms with Gasteiger partial charge < -0.3 is 9.64 Å². The highest BCUT2D eigenvalue weighted by Gasteiger charge is 2.36. The third-order valence-corrected chi connectivity index (χ3v) is 8.68. The van der Waals surface area contributed by atoms with Crippen molar-refractivity contribution in [2.24, 2.45) is 0 Å². The molecule has 2 heterocycles. The van der Waals surface area contributed by atoms with E-state index in [1.807, 2.05) is 23.6 Å². The van der Waals surface area contributed by atoms with Crippen LogP contribution in [0.4, 0.5) is 0 Å². The van der Waals surface area contributed by atoms with Crippen LogP contribution in [-0.4, -0.2) is 63.8 Å². The first-order chi connectivity index (χ1) is 14.7. The summed E-state index contributed by atoms with van der Waals surface area (Å²) in [6.07, 6.45) is 2.56. The van der Waals surface area contributed by atoms with Crippen LogP contribution in [0.2, 0.25) is 5.02 Å². The fourth-order valence-electron chi connectivity index (χ4n) is 3.65. The van der Waals surface area contributed by atoms with Crippen LogP contribution in [0, 0.1) is 0 Å². The summed E-state index contributed by atoms with van der Waals surface area (Å²) in [5, 5.41) is 9.40. The molecule has 1 aliphatic carbocycles. The second-order valence-electron chi connectivity index (χ2n) is 7.99. The molecule has 2 aliphatic rings. The van der Waals surface area contributed by atoms with E-state index in [2.05, 4.69) is 10.2 Å². The van der Waals surface area contributed by atoms with Crippen LogP contribution in [0.15, 0.2) is 29.4 Å². The summed E-state index contributed by atoms with van der Waals surface area (Å²) in [6.45, 7) is 2.05. The van der Waals surface area contributed by atoms with Crippen LogP contribution in [0.3, 0.4) is 0 Å². The highest BCUT2D eigenvalue weighted by molar-refractivity contribution is 8.00. The van der Waals surface area contributed by atoms with Gasteiger partial charge in [0.15, 0.2) is 20.8 Å². The lowest BCUT2D eigenvalue weighted by molar-refractivity contribution is -0.130. The number of benzene rings is 1. The number of halogens is 1. The van der Waals surface area contributed by atoms with E-state index in [1.165, 1.54) is 11.8 Å². The van der Waals surface area contributed by atoms with Gasteiger partial charge in [0.25, 0.3) is 0 Å². The molecule has 2 aromatic rings. The summed E-state index contributed by atoms with van der Waals surface area (Å²) in [5.41, 5.74) is 0. The molecule has 1 amide bonds. The van der Waals surface area contributed by atoms with Crippen molar-refractivity contribution in [3.8, 4) is 5.75 Å². The number of rotatable bonds is 8. The van der Waals surface area contributed by atoms with Gasteiger partial charge in [0.2, 0.25) is 5.91 Å². The van der Waals surface area contributed by atoms with E-state index >= 15 is 0 Å². The SMILES string of the molecule is C[C@H](Sc1nnc(COc2ccccc2Cl)n1C1CC1)C(=O)N(C)[C@@H]1CCS(=O)(=O)C1. The van der Waals surface area contributed by atoms with Gasteiger partial charge in [-0.3, -0.25) is 9.36 Å². The number of para-hydroxylation sites is 1. The van der Waals surface area contributed by atoms with Crippen molar-refractivity contribution in [2.75, 3.05) is 18.6 Å². The molecular formula is C20H25ClN4O4S2. The largest absolute Gasteiger partial charge is 0.484 e. The van der Waals surface area contributed by atoms with Crippen LogP contribution < -0.4 is 4.74 Å². The summed E-state index contributed by atoms with van der Waals surface area (Å²) in [5.74, 6) is 1.35. The lowest BCUT2D eigenvalue weighted by Gasteiger charge is -2.26. The van der Waals surface area contributed by atoms with Gasteiger partial charge in [-0.05, 0) is 38.3 Å². The Morgan fingerprint density at radius 2 is 2.06 bits per heavy atom. The predicted octanol–water partition coefficient (Wildman–Crippen LogP) is 2.97. The maximum Gasteiger partial charge on any atom is 0.235 e. The summed E-state index contributed by atoms with van der Waals surface area (Å²) in [4.78, 5) is 14.5.